The maximum absolute atomic E-state index is 12.6. The Kier molecular flexibility index (Phi) is 6.37. The number of piperazine rings is 1. The molecular formula is C17H27N3O3S. The molecule has 0 radical (unpaired) electrons. The summed E-state index contributed by atoms with van der Waals surface area (Å²) in [5.74, 6) is -0.000748. The van der Waals surface area contributed by atoms with Gasteiger partial charge in [0.25, 0.3) is 0 Å². The first-order valence-electron chi connectivity index (χ1n) is 8.41. The lowest BCUT2D eigenvalue weighted by Crippen LogP contribution is -2.51. The maximum Gasteiger partial charge on any atom is 0.243 e. The second-order valence-corrected chi connectivity index (χ2v) is 8.31. The number of carbonyl (C=O) groups excluding carboxylic acids is 1. The monoisotopic (exact) mass is 353 g/mol. The zero-order valence-electron chi connectivity index (χ0n) is 14.7. The van der Waals surface area contributed by atoms with Crippen molar-refractivity contribution in [1.82, 2.24) is 14.5 Å². The summed E-state index contributed by atoms with van der Waals surface area (Å²) in [7, 11) is -3.45. The molecular weight excluding hydrogens is 326 g/mol. The molecule has 134 valence electrons. The number of nitrogens with one attached hydrogen (secondary N) is 1. The van der Waals surface area contributed by atoms with Crippen molar-refractivity contribution in [2.75, 3.05) is 32.7 Å². The summed E-state index contributed by atoms with van der Waals surface area (Å²) < 4.78 is 26.8. The Balaban J connectivity index is 1.90. The summed E-state index contributed by atoms with van der Waals surface area (Å²) >= 11 is 0. The summed E-state index contributed by atoms with van der Waals surface area (Å²) in [6.07, 6.45) is 0.897. The average molecular weight is 353 g/mol. The Morgan fingerprint density at radius 3 is 2.29 bits per heavy atom. The zero-order chi connectivity index (χ0) is 17.7. The van der Waals surface area contributed by atoms with Crippen molar-refractivity contribution >= 4 is 15.9 Å². The van der Waals surface area contributed by atoms with E-state index in [-0.39, 0.29) is 11.9 Å². The van der Waals surface area contributed by atoms with Crippen molar-refractivity contribution < 1.29 is 13.2 Å². The number of aryl methyl sites for hydroxylation is 1. The van der Waals surface area contributed by atoms with Gasteiger partial charge in [-0.25, -0.2) is 8.42 Å². The van der Waals surface area contributed by atoms with Crippen LogP contribution in [-0.4, -0.2) is 62.3 Å². The van der Waals surface area contributed by atoms with Gasteiger partial charge in [-0.3, -0.25) is 9.69 Å². The van der Waals surface area contributed by atoms with Gasteiger partial charge >= 0.3 is 0 Å². The van der Waals surface area contributed by atoms with Crippen LogP contribution in [0.15, 0.2) is 29.2 Å². The molecule has 0 bridgehead atoms. The Bertz CT molecular complexity index is 650. The van der Waals surface area contributed by atoms with Crippen LogP contribution in [0.3, 0.4) is 0 Å². The van der Waals surface area contributed by atoms with Crippen LogP contribution in [0, 0.1) is 6.92 Å². The van der Waals surface area contributed by atoms with Gasteiger partial charge in [-0.05, 0) is 32.4 Å². The number of rotatable bonds is 6. The van der Waals surface area contributed by atoms with Gasteiger partial charge in [-0.2, -0.15) is 4.31 Å². The Morgan fingerprint density at radius 2 is 1.75 bits per heavy atom. The number of amides is 1. The number of benzene rings is 1. The second kappa shape index (κ2) is 8.09. The molecule has 2 rings (SSSR count). The van der Waals surface area contributed by atoms with E-state index in [1.807, 2.05) is 37.8 Å². The third-order valence-corrected chi connectivity index (χ3v) is 6.29. The zero-order valence-corrected chi connectivity index (χ0v) is 15.5. The molecule has 1 aromatic rings. The third kappa shape index (κ3) is 4.78. The number of carbonyl (C=O) groups is 1. The van der Waals surface area contributed by atoms with E-state index in [2.05, 4.69) is 5.32 Å². The smallest absolute Gasteiger partial charge is 0.243 e. The lowest BCUT2D eigenvalue weighted by atomic mass is 10.2. The Hall–Kier alpha value is -1.44. The first-order chi connectivity index (χ1) is 11.3. The van der Waals surface area contributed by atoms with E-state index < -0.39 is 10.0 Å². The van der Waals surface area contributed by atoms with E-state index in [1.165, 1.54) is 4.31 Å². The molecule has 0 saturated carbocycles. The molecule has 1 atom stereocenters. The van der Waals surface area contributed by atoms with Crippen LogP contribution >= 0.6 is 0 Å². The number of hydrogen-bond donors (Lipinski definition) is 1. The highest BCUT2D eigenvalue weighted by Gasteiger charge is 2.29. The van der Waals surface area contributed by atoms with Crippen molar-refractivity contribution in [2.45, 2.75) is 38.1 Å². The third-order valence-electron chi connectivity index (χ3n) is 4.38. The molecule has 1 heterocycles. The molecule has 1 aliphatic rings. The number of hydrogen-bond acceptors (Lipinski definition) is 4. The predicted octanol–water partition coefficient (Wildman–Crippen LogP) is 1.22. The van der Waals surface area contributed by atoms with Crippen molar-refractivity contribution in [3.63, 3.8) is 0 Å². The molecule has 24 heavy (non-hydrogen) atoms. The molecule has 1 amide bonds. The van der Waals surface area contributed by atoms with Gasteiger partial charge in [0.15, 0.2) is 0 Å². The Morgan fingerprint density at radius 1 is 1.17 bits per heavy atom. The van der Waals surface area contributed by atoms with Crippen LogP contribution in [0.25, 0.3) is 0 Å². The van der Waals surface area contributed by atoms with Gasteiger partial charge in [0.2, 0.25) is 15.9 Å². The summed E-state index contributed by atoms with van der Waals surface area (Å²) in [6, 6.07) is 7.08. The van der Waals surface area contributed by atoms with Gasteiger partial charge in [0.1, 0.15) is 0 Å². The maximum atomic E-state index is 12.6. The van der Waals surface area contributed by atoms with Crippen LogP contribution in [-0.2, 0) is 14.8 Å². The summed E-state index contributed by atoms with van der Waals surface area (Å²) in [6.45, 7) is 8.21. The molecule has 0 aromatic heterocycles. The van der Waals surface area contributed by atoms with Crippen LogP contribution in [0.1, 0.15) is 25.8 Å². The van der Waals surface area contributed by atoms with Crippen LogP contribution in [0.2, 0.25) is 0 Å². The molecule has 1 N–H and O–H groups in total. The fraction of sp³-hybridized carbons (Fsp3) is 0.588. The minimum Gasteiger partial charge on any atom is -0.353 e. The van der Waals surface area contributed by atoms with Gasteiger partial charge < -0.3 is 5.32 Å². The van der Waals surface area contributed by atoms with Crippen molar-refractivity contribution in [3.8, 4) is 0 Å². The first-order valence-corrected chi connectivity index (χ1v) is 9.85. The minimum atomic E-state index is -3.45. The van der Waals surface area contributed by atoms with E-state index in [0.29, 0.717) is 37.6 Å². The summed E-state index contributed by atoms with van der Waals surface area (Å²) in [5, 5.41) is 2.94. The molecule has 0 aliphatic carbocycles. The minimum absolute atomic E-state index is 0.000748. The normalized spacial score (nSPS) is 18.3. The van der Waals surface area contributed by atoms with Crippen molar-refractivity contribution in [1.29, 1.82) is 0 Å². The van der Waals surface area contributed by atoms with Crippen molar-refractivity contribution in [2.24, 2.45) is 0 Å². The largest absolute Gasteiger partial charge is 0.353 e. The molecule has 7 heteroatoms. The Labute approximate surface area is 144 Å². The van der Waals surface area contributed by atoms with E-state index in [4.69, 9.17) is 0 Å². The van der Waals surface area contributed by atoms with E-state index in [0.717, 1.165) is 12.0 Å². The van der Waals surface area contributed by atoms with E-state index in [1.54, 1.807) is 12.1 Å². The van der Waals surface area contributed by atoms with E-state index >= 15 is 0 Å². The molecule has 1 aromatic carbocycles. The average Bonchev–Trinajstić information content (AvgIpc) is 2.55. The highest BCUT2D eigenvalue weighted by molar-refractivity contribution is 7.89. The fourth-order valence-electron chi connectivity index (χ4n) is 2.61. The lowest BCUT2D eigenvalue weighted by molar-refractivity contribution is -0.123. The quantitative estimate of drug-likeness (QED) is 0.835. The highest BCUT2D eigenvalue weighted by atomic mass is 32.2. The molecule has 0 unspecified atom stereocenters. The lowest BCUT2D eigenvalue weighted by Gasteiger charge is -2.33. The van der Waals surface area contributed by atoms with Crippen LogP contribution < -0.4 is 5.32 Å². The van der Waals surface area contributed by atoms with Gasteiger partial charge in [0.05, 0.1) is 11.4 Å². The van der Waals surface area contributed by atoms with Crippen LogP contribution in [0.5, 0.6) is 0 Å². The van der Waals surface area contributed by atoms with Gasteiger partial charge in [-0.15, -0.1) is 0 Å². The number of nitrogens with zero attached hydrogens (tertiary/aromatic N) is 2. The molecule has 0 spiro atoms. The number of sulfonamides is 1. The molecule has 1 fully saturated rings. The topological polar surface area (TPSA) is 69.7 Å². The molecule has 1 saturated heterocycles. The molecule has 1 aliphatic heterocycles. The van der Waals surface area contributed by atoms with E-state index in [9.17, 15) is 13.2 Å². The second-order valence-electron chi connectivity index (χ2n) is 6.37. The molecule has 6 nitrogen and oxygen atoms in total. The SMILES string of the molecule is CC[C@H](C)NC(=O)CN1CCN(S(=O)(=O)c2ccc(C)cc2)CC1. The standard InChI is InChI=1S/C17H27N3O3S/c1-4-15(3)18-17(21)13-19-9-11-20(12-10-19)24(22,23)16-7-5-14(2)6-8-16/h5-8,15H,4,9-13H2,1-3H3,(H,18,21)/t15-/m0/s1. The predicted molar refractivity (Wildman–Crippen MR) is 94.3 cm³/mol. The van der Waals surface area contributed by atoms with Gasteiger partial charge in [0, 0.05) is 32.2 Å². The summed E-state index contributed by atoms with van der Waals surface area (Å²) in [4.78, 5) is 14.3. The summed E-state index contributed by atoms with van der Waals surface area (Å²) in [5.41, 5.74) is 1.03. The van der Waals surface area contributed by atoms with Gasteiger partial charge in [-0.1, -0.05) is 24.6 Å². The van der Waals surface area contributed by atoms with Crippen molar-refractivity contribution in [3.05, 3.63) is 29.8 Å². The van der Waals surface area contributed by atoms with Crippen LogP contribution in [0.4, 0.5) is 0 Å². The fourth-order valence-corrected chi connectivity index (χ4v) is 4.04. The highest BCUT2D eigenvalue weighted by Crippen LogP contribution is 2.18. The first kappa shape index (κ1) is 18.9.